The summed E-state index contributed by atoms with van der Waals surface area (Å²) in [5.74, 6) is 0. The summed E-state index contributed by atoms with van der Waals surface area (Å²) in [5.41, 5.74) is -0.145. The maximum atomic E-state index is 12.3. The molecule has 0 unspecified atom stereocenters. The van der Waals surface area contributed by atoms with Gasteiger partial charge in [0.15, 0.2) is 0 Å². The molecule has 0 radical (unpaired) electrons. The molecule has 1 aromatic heterocycles. The Morgan fingerprint density at radius 2 is 2.19 bits per heavy atom. The van der Waals surface area contributed by atoms with E-state index in [1.165, 1.54) is 12.3 Å². The molecular formula is C14H21NO5S. The Morgan fingerprint density at radius 1 is 1.43 bits per heavy atom. The van der Waals surface area contributed by atoms with Crippen molar-refractivity contribution in [3.8, 4) is 0 Å². The summed E-state index contributed by atoms with van der Waals surface area (Å²) in [4.78, 5) is 0. The number of hydrogen-bond acceptors (Lipinski definition) is 5. The average Bonchev–Trinajstić information content (AvgIpc) is 3.02. The number of furan rings is 1. The molecular weight excluding hydrogens is 294 g/mol. The summed E-state index contributed by atoms with van der Waals surface area (Å²) in [5, 5.41) is -0.0374. The van der Waals surface area contributed by atoms with E-state index in [-0.39, 0.29) is 22.7 Å². The van der Waals surface area contributed by atoms with Crippen molar-refractivity contribution in [2.75, 3.05) is 19.8 Å². The third-order valence-electron chi connectivity index (χ3n) is 4.63. The van der Waals surface area contributed by atoms with Gasteiger partial charge in [-0.3, -0.25) is 0 Å². The minimum absolute atomic E-state index is 0.0374. The molecule has 118 valence electrons. The largest absolute Gasteiger partial charge is 0.452 e. The van der Waals surface area contributed by atoms with E-state index in [4.69, 9.17) is 13.9 Å². The molecule has 3 rings (SSSR count). The zero-order chi connectivity index (χ0) is 14.9. The van der Waals surface area contributed by atoms with Crippen molar-refractivity contribution in [3.05, 3.63) is 18.4 Å². The minimum Gasteiger partial charge on any atom is -0.452 e. The van der Waals surface area contributed by atoms with Crippen molar-refractivity contribution in [1.29, 1.82) is 0 Å². The van der Waals surface area contributed by atoms with Gasteiger partial charge in [-0.15, -0.1) is 0 Å². The van der Waals surface area contributed by atoms with Crippen LogP contribution in [0, 0.1) is 5.41 Å². The smallest absolute Gasteiger partial charge is 0.274 e. The number of ether oxygens (including phenoxy) is 2. The Bertz CT molecular complexity index is 562. The predicted molar refractivity (Wildman–Crippen MR) is 75.3 cm³/mol. The molecule has 0 bridgehead atoms. The zero-order valence-corrected chi connectivity index (χ0v) is 12.9. The number of hydrogen-bond donors (Lipinski definition) is 1. The van der Waals surface area contributed by atoms with Gasteiger partial charge in [-0.1, -0.05) is 0 Å². The number of nitrogens with one attached hydrogen (secondary N) is 1. The van der Waals surface area contributed by atoms with E-state index in [1.807, 2.05) is 6.92 Å². The molecule has 2 heterocycles. The van der Waals surface area contributed by atoms with Crippen molar-refractivity contribution < 1.29 is 22.3 Å². The Balaban J connectivity index is 1.76. The molecule has 1 aliphatic carbocycles. The summed E-state index contributed by atoms with van der Waals surface area (Å²) in [7, 11) is -3.60. The second kappa shape index (κ2) is 5.72. The quantitative estimate of drug-likeness (QED) is 0.891. The molecule has 2 aliphatic rings. The molecule has 0 aromatic carbocycles. The summed E-state index contributed by atoms with van der Waals surface area (Å²) in [6.45, 7) is 3.92. The van der Waals surface area contributed by atoms with Crippen LogP contribution in [0.25, 0.3) is 0 Å². The fraction of sp³-hybridized carbons (Fsp3) is 0.714. The van der Waals surface area contributed by atoms with Crippen LogP contribution < -0.4 is 4.72 Å². The molecule has 1 spiro atoms. The average molecular weight is 315 g/mol. The molecule has 0 amide bonds. The van der Waals surface area contributed by atoms with Crippen LogP contribution in [0.4, 0.5) is 0 Å². The van der Waals surface area contributed by atoms with Crippen LogP contribution >= 0.6 is 0 Å². The maximum absolute atomic E-state index is 12.3. The molecule has 21 heavy (non-hydrogen) atoms. The molecule has 1 aliphatic heterocycles. The van der Waals surface area contributed by atoms with Crippen LogP contribution in [0.2, 0.25) is 0 Å². The molecule has 1 N–H and O–H groups in total. The number of sulfonamides is 1. The van der Waals surface area contributed by atoms with E-state index in [2.05, 4.69) is 4.72 Å². The SMILES string of the molecule is CCO[C@@H]1C[C@@H](NS(=O)(=O)c2ccco2)C12CCOCC2. The van der Waals surface area contributed by atoms with Gasteiger partial charge in [-0.25, -0.2) is 13.1 Å². The normalized spacial score (nSPS) is 28.4. The van der Waals surface area contributed by atoms with Gasteiger partial charge < -0.3 is 13.9 Å². The third-order valence-corrected chi connectivity index (χ3v) is 5.99. The van der Waals surface area contributed by atoms with Crippen LogP contribution in [0.3, 0.4) is 0 Å². The van der Waals surface area contributed by atoms with Crippen molar-refractivity contribution >= 4 is 10.0 Å². The van der Waals surface area contributed by atoms with Gasteiger partial charge in [0, 0.05) is 31.3 Å². The van der Waals surface area contributed by atoms with Crippen LogP contribution in [-0.4, -0.2) is 40.4 Å². The fourth-order valence-corrected chi connectivity index (χ4v) is 4.69. The standard InChI is InChI=1S/C14H21NO5S/c1-2-19-12-10-11(14(12)5-8-18-9-6-14)15-21(16,17)13-4-3-7-20-13/h3-4,7,11-12,15H,2,5-6,8-10H2,1H3/t11-,12-/m1/s1. The van der Waals surface area contributed by atoms with Crippen LogP contribution in [0.1, 0.15) is 26.2 Å². The first-order valence-corrected chi connectivity index (χ1v) is 8.82. The monoisotopic (exact) mass is 315 g/mol. The second-order valence-electron chi connectivity index (χ2n) is 5.63. The highest BCUT2D eigenvalue weighted by Crippen LogP contribution is 2.51. The van der Waals surface area contributed by atoms with E-state index in [9.17, 15) is 8.42 Å². The molecule has 2 fully saturated rings. The van der Waals surface area contributed by atoms with E-state index in [0.717, 1.165) is 12.8 Å². The molecule has 1 saturated heterocycles. The van der Waals surface area contributed by atoms with E-state index in [1.54, 1.807) is 6.07 Å². The summed E-state index contributed by atoms with van der Waals surface area (Å²) in [6, 6.07) is 2.91. The van der Waals surface area contributed by atoms with Crippen molar-refractivity contribution in [3.63, 3.8) is 0 Å². The van der Waals surface area contributed by atoms with Crippen LogP contribution in [0.5, 0.6) is 0 Å². The lowest BCUT2D eigenvalue weighted by atomic mass is 9.58. The lowest BCUT2D eigenvalue weighted by Gasteiger charge is -2.57. The van der Waals surface area contributed by atoms with Crippen molar-refractivity contribution in [1.82, 2.24) is 4.72 Å². The number of rotatable bonds is 5. The van der Waals surface area contributed by atoms with E-state index >= 15 is 0 Å². The maximum Gasteiger partial charge on any atom is 0.274 e. The Morgan fingerprint density at radius 3 is 2.81 bits per heavy atom. The summed E-state index contributed by atoms with van der Waals surface area (Å²) in [6.07, 6.45) is 3.82. The molecule has 1 aromatic rings. The Kier molecular flexibility index (Phi) is 4.09. The van der Waals surface area contributed by atoms with Crippen molar-refractivity contribution in [2.24, 2.45) is 5.41 Å². The molecule has 7 heteroatoms. The van der Waals surface area contributed by atoms with Gasteiger partial charge >= 0.3 is 0 Å². The summed E-state index contributed by atoms with van der Waals surface area (Å²) >= 11 is 0. The van der Waals surface area contributed by atoms with E-state index in [0.29, 0.717) is 26.2 Å². The first-order chi connectivity index (χ1) is 10.1. The fourth-order valence-electron chi connectivity index (χ4n) is 3.43. The van der Waals surface area contributed by atoms with Crippen LogP contribution in [0.15, 0.2) is 27.9 Å². The minimum atomic E-state index is -3.60. The highest BCUT2D eigenvalue weighted by Gasteiger charge is 2.57. The zero-order valence-electron chi connectivity index (χ0n) is 12.1. The highest BCUT2D eigenvalue weighted by molar-refractivity contribution is 7.89. The third kappa shape index (κ3) is 2.63. The van der Waals surface area contributed by atoms with Gasteiger partial charge in [0.25, 0.3) is 10.0 Å². The van der Waals surface area contributed by atoms with Gasteiger partial charge in [0.1, 0.15) is 0 Å². The van der Waals surface area contributed by atoms with E-state index < -0.39 is 10.0 Å². The molecule has 6 nitrogen and oxygen atoms in total. The predicted octanol–water partition coefficient (Wildman–Crippen LogP) is 1.53. The Hall–Kier alpha value is -0.890. The molecule has 2 atom stereocenters. The summed E-state index contributed by atoms with van der Waals surface area (Å²) < 4.78 is 43.6. The first kappa shape index (κ1) is 15.0. The topological polar surface area (TPSA) is 77.8 Å². The lowest BCUT2D eigenvalue weighted by molar-refractivity contribution is -0.168. The second-order valence-corrected chi connectivity index (χ2v) is 7.28. The lowest BCUT2D eigenvalue weighted by Crippen LogP contribution is -2.66. The highest BCUT2D eigenvalue weighted by atomic mass is 32.2. The van der Waals surface area contributed by atoms with Gasteiger partial charge in [0.2, 0.25) is 5.09 Å². The van der Waals surface area contributed by atoms with Gasteiger partial charge in [-0.05, 0) is 38.3 Å². The van der Waals surface area contributed by atoms with Gasteiger partial charge in [-0.2, -0.15) is 0 Å². The van der Waals surface area contributed by atoms with Crippen LogP contribution in [-0.2, 0) is 19.5 Å². The van der Waals surface area contributed by atoms with Gasteiger partial charge in [0.05, 0.1) is 12.4 Å². The first-order valence-electron chi connectivity index (χ1n) is 7.34. The Labute approximate surface area is 124 Å². The van der Waals surface area contributed by atoms with Crippen molar-refractivity contribution in [2.45, 2.75) is 43.4 Å². The molecule has 1 saturated carbocycles.